The van der Waals surface area contributed by atoms with Crippen LogP contribution in [0.4, 0.5) is 0 Å². The van der Waals surface area contributed by atoms with Crippen molar-refractivity contribution in [2.45, 2.75) is 77.7 Å². The van der Waals surface area contributed by atoms with Crippen LogP contribution >= 0.6 is 0 Å². The van der Waals surface area contributed by atoms with Crippen molar-refractivity contribution < 1.29 is 14.6 Å². The van der Waals surface area contributed by atoms with E-state index in [1.54, 1.807) is 4.57 Å². The molecule has 4 nitrogen and oxygen atoms in total. The topological polar surface area (TPSA) is 51.5 Å². The lowest BCUT2D eigenvalue weighted by atomic mass is 9.67. The van der Waals surface area contributed by atoms with Crippen LogP contribution in [0.1, 0.15) is 87.2 Å². The molecule has 0 radical (unpaired) electrons. The molecular weight excluding hydrogens is 422 g/mol. The van der Waals surface area contributed by atoms with E-state index in [1.807, 2.05) is 42.7 Å². The number of hydrogen-bond acceptors (Lipinski definition) is 3. The standard InChI is InChI=1S/C30H35NO3/c1-5-6-7-10-20-16-25-27(23-15-19(2)13-14-24(23)30(3,4)34-25)28(32)26(20)29(33)31-17-21-11-8-9-12-22(21)18-31/h8-9,11-12,15-18,23-24,32H,5-7,10,13-14H2,1-4H3. The number of aromatic nitrogens is 1. The molecule has 0 bridgehead atoms. The first-order valence-corrected chi connectivity index (χ1v) is 12.7. The van der Waals surface area contributed by atoms with E-state index in [-0.39, 0.29) is 29.1 Å². The van der Waals surface area contributed by atoms with Gasteiger partial charge in [0.2, 0.25) is 0 Å². The fourth-order valence-electron chi connectivity index (χ4n) is 5.94. The summed E-state index contributed by atoms with van der Waals surface area (Å²) in [5, 5.41) is 13.8. The number of ether oxygens (including phenoxy) is 1. The number of unbranched alkanes of at least 4 members (excludes halogenated alkanes) is 2. The van der Waals surface area contributed by atoms with Crippen LogP contribution in [-0.4, -0.2) is 21.2 Å². The molecule has 2 atom stereocenters. The lowest BCUT2D eigenvalue weighted by molar-refractivity contribution is 0.0107. The Hall–Kier alpha value is -3.01. The van der Waals surface area contributed by atoms with Gasteiger partial charge in [-0.15, -0.1) is 0 Å². The van der Waals surface area contributed by atoms with E-state index < -0.39 is 0 Å². The lowest BCUT2D eigenvalue weighted by Gasteiger charge is -2.46. The number of phenolic OH excluding ortho intramolecular Hbond substituents is 1. The Morgan fingerprint density at radius 2 is 1.88 bits per heavy atom. The van der Waals surface area contributed by atoms with E-state index in [9.17, 15) is 9.90 Å². The molecule has 5 rings (SSSR count). The molecule has 2 aromatic carbocycles. The van der Waals surface area contributed by atoms with Gasteiger partial charge in [0.25, 0.3) is 5.91 Å². The van der Waals surface area contributed by atoms with Crippen LogP contribution in [0.2, 0.25) is 0 Å². The summed E-state index contributed by atoms with van der Waals surface area (Å²) >= 11 is 0. The second kappa shape index (κ2) is 8.65. The zero-order chi connectivity index (χ0) is 24.0. The Bertz CT molecular complexity index is 1250. The highest BCUT2D eigenvalue weighted by molar-refractivity contribution is 6.03. The van der Waals surface area contributed by atoms with Gasteiger partial charge in [0.15, 0.2) is 0 Å². The molecule has 2 unspecified atom stereocenters. The minimum Gasteiger partial charge on any atom is -0.507 e. The third-order valence-corrected chi connectivity index (χ3v) is 7.78. The van der Waals surface area contributed by atoms with Crippen molar-refractivity contribution in [1.29, 1.82) is 0 Å². The molecule has 2 aliphatic rings. The Morgan fingerprint density at radius 1 is 1.18 bits per heavy atom. The quantitative estimate of drug-likeness (QED) is 0.321. The molecule has 0 fully saturated rings. The fraction of sp³-hybridized carbons (Fsp3) is 0.433. The Labute approximate surface area is 202 Å². The van der Waals surface area contributed by atoms with Crippen molar-refractivity contribution in [3.63, 3.8) is 0 Å². The summed E-state index contributed by atoms with van der Waals surface area (Å²) in [6, 6.07) is 9.99. The van der Waals surface area contributed by atoms with Gasteiger partial charge < -0.3 is 9.84 Å². The number of nitrogens with zero attached hydrogens (tertiary/aromatic N) is 1. The molecule has 3 aromatic rings. The van der Waals surface area contributed by atoms with Crippen LogP contribution in [0.5, 0.6) is 11.5 Å². The van der Waals surface area contributed by atoms with Crippen LogP contribution in [0.15, 0.2) is 54.4 Å². The van der Waals surface area contributed by atoms with Crippen molar-refractivity contribution >= 4 is 16.7 Å². The highest BCUT2D eigenvalue weighted by Crippen LogP contribution is 2.54. The molecule has 0 amide bonds. The van der Waals surface area contributed by atoms with Gasteiger partial charge in [-0.1, -0.05) is 55.7 Å². The molecule has 1 N–H and O–H groups in total. The van der Waals surface area contributed by atoms with Crippen LogP contribution in [0, 0.1) is 5.92 Å². The molecular formula is C30H35NO3. The fourth-order valence-corrected chi connectivity index (χ4v) is 5.94. The molecule has 2 heterocycles. The van der Waals surface area contributed by atoms with Gasteiger partial charge in [0.05, 0.1) is 5.56 Å². The molecule has 1 aromatic heterocycles. The molecule has 0 spiro atoms. The lowest BCUT2D eigenvalue weighted by Crippen LogP contribution is -2.45. The highest BCUT2D eigenvalue weighted by Gasteiger charge is 2.46. The third kappa shape index (κ3) is 3.83. The first kappa shape index (κ1) is 22.8. The van der Waals surface area contributed by atoms with E-state index in [1.165, 1.54) is 5.57 Å². The molecule has 1 aliphatic heterocycles. The Balaban J connectivity index is 1.68. The summed E-state index contributed by atoms with van der Waals surface area (Å²) < 4.78 is 8.16. The summed E-state index contributed by atoms with van der Waals surface area (Å²) in [4.78, 5) is 13.9. The SMILES string of the molecule is CCCCCc1cc2c(c(O)c1C(=O)n1cc3ccccc3c1)C1C=C(C)CCC1C(C)(C)O2. The van der Waals surface area contributed by atoms with E-state index in [2.05, 4.69) is 33.8 Å². The normalized spacial score (nSPS) is 20.9. The monoisotopic (exact) mass is 457 g/mol. The Morgan fingerprint density at radius 3 is 2.56 bits per heavy atom. The summed E-state index contributed by atoms with van der Waals surface area (Å²) in [5.74, 6) is 0.963. The first-order valence-electron chi connectivity index (χ1n) is 12.7. The van der Waals surface area contributed by atoms with Crippen LogP contribution < -0.4 is 4.74 Å². The van der Waals surface area contributed by atoms with Crippen molar-refractivity contribution in [2.75, 3.05) is 0 Å². The summed E-state index contributed by atoms with van der Waals surface area (Å²) in [5.41, 5.74) is 3.08. The number of hydrogen-bond donors (Lipinski definition) is 1. The molecule has 0 saturated heterocycles. The number of benzene rings is 2. The second-order valence-electron chi connectivity index (χ2n) is 10.6. The molecule has 178 valence electrons. The minimum atomic E-state index is -0.328. The number of aryl methyl sites for hydroxylation is 1. The van der Waals surface area contributed by atoms with Gasteiger partial charge >= 0.3 is 0 Å². The largest absolute Gasteiger partial charge is 0.507 e. The van der Waals surface area contributed by atoms with Crippen LogP contribution in [0.25, 0.3) is 10.8 Å². The Kier molecular flexibility index (Phi) is 5.79. The van der Waals surface area contributed by atoms with Crippen molar-refractivity contribution in [1.82, 2.24) is 4.57 Å². The van der Waals surface area contributed by atoms with E-state index in [0.717, 1.165) is 66.2 Å². The maximum Gasteiger partial charge on any atom is 0.265 e. The number of carbonyl (C=O) groups is 1. The van der Waals surface area contributed by atoms with Crippen molar-refractivity contribution in [3.8, 4) is 11.5 Å². The number of carbonyl (C=O) groups excluding carboxylic acids is 1. The minimum absolute atomic E-state index is 0.0486. The van der Waals surface area contributed by atoms with Crippen molar-refractivity contribution in [2.24, 2.45) is 5.92 Å². The molecule has 34 heavy (non-hydrogen) atoms. The number of rotatable bonds is 5. The van der Waals surface area contributed by atoms with E-state index in [0.29, 0.717) is 5.56 Å². The summed E-state index contributed by atoms with van der Waals surface area (Å²) in [6.45, 7) is 8.64. The maximum atomic E-state index is 13.9. The van der Waals surface area contributed by atoms with Crippen LogP contribution in [-0.2, 0) is 6.42 Å². The second-order valence-corrected chi connectivity index (χ2v) is 10.6. The number of allylic oxidation sites excluding steroid dienone is 2. The van der Waals surface area contributed by atoms with Crippen LogP contribution in [0.3, 0.4) is 0 Å². The summed E-state index contributed by atoms with van der Waals surface area (Å²) in [7, 11) is 0. The number of fused-ring (bicyclic) bond motifs is 4. The average molecular weight is 458 g/mol. The zero-order valence-corrected chi connectivity index (χ0v) is 20.7. The van der Waals surface area contributed by atoms with Gasteiger partial charge in [-0.2, -0.15) is 0 Å². The maximum absolute atomic E-state index is 13.9. The zero-order valence-electron chi connectivity index (χ0n) is 20.7. The van der Waals surface area contributed by atoms with Gasteiger partial charge in [-0.05, 0) is 68.9 Å². The smallest absolute Gasteiger partial charge is 0.265 e. The first-order chi connectivity index (χ1) is 16.3. The molecule has 0 saturated carbocycles. The number of phenols is 1. The highest BCUT2D eigenvalue weighted by atomic mass is 16.5. The van der Waals surface area contributed by atoms with E-state index in [4.69, 9.17) is 4.74 Å². The summed E-state index contributed by atoms with van der Waals surface area (Å²) in [6.07, 6.45) is 12.0. The molecule has 1 aliphatic carbocycles. The molecule has 4 heteroatoms. The van der Waals surface area contributed by atoms with Gasteiger partial charge in [-0.3, -0.25) is 9.36 Å². The number of aromatic hydroxyl groups is 1. The third-order valence-electron chi connectivity index (χ3n) is 7.78. The van der Waals surface area contributed by atoms with Gasteiger partial charge in [0, 0.05) is 29.8 Å². The van der Waals surface area contributed by atoms with E-state index >= 15 is 0 Å². The average Bonchev–Trinajstić information content (AvgIpc) is 3.22. The van der Waals surface area contributed by atoms with Crippen molar-refractivity contribution in [3.05, 3.63) is 71.1 Å². The van der Waals surface area contributed by atoms with Gasteiger partial charge in [-0.25, -0.2) is 0 Å². The predicted molar refractivity (Wildman–Crippen MR) is 137 cm³/mol. The van der Waals surface area contributed by atoms with Gasteiger partial charge in [0.1, 0.15) is 17.1 Å². The predicted octanol–water partition coefficient (Wildman–Crippen LogP) is 7.38.